The first-order valence-electron chi connectivity index (χ1n) is 16.4. The van der Waals surface area contributed by atoms with Crippen LogP contribution in [0.15, 0.2) is 135 Å². The lowest BCUT2D eigenvalue weighted by Gasteiger charge is -2.25. The van der Waals surface area contributed by atoms with Crippen LogP contribution in [0, 0.1) is 0 Å². The Balaban J connectivity index is 1.26. The van der Waals surface area contributed by atoms with E-state index in [1.165, 1.54) is 16.9 Å². The minimum Gasteiger partial charge on any atom is -0.463 e. The summed E-state index contributed by atoms with van der Waals surface area (Å²) in [5.41, 5.74) is 7.75. The Labute approximate surface area is 289 Å². The molecule has 2 aliphatic rings. The van der Waals surface area contributed by atoms with Crippen LogP contribution in [-0.4, -0.2) is 37.0 Å². The van der Waals surface area contributed by atoms with E-state index in [2.05, 4.69) is 41.4 Å². The van der Waals surface area contributed by atoms with E-state index in [-0.39, 0.29) is 18.2 Å². The summed E-state index contributed by atoms with van der Waals surface area (Å²) in [6.07, 6.45) is 2.68. The molecule has 2 atom stereocenters. The normalized spacial score (nSPS) is 17.4. The number of aromatic nitrogens is 1. The number of esters is 1. The molecule has 0 N–H and O–H groups in total. The second-order valence-electron chi connectivity index (χ2n) is 12.3. The first kappa shape index (κ1) is 32.0. The predicted octanol–water partition coefficient (Wildman–Crippen LogP) is 6.22. The molecule has 1 aromatic heterocycles. The molecule has 2 aliphatic heterocycles. The van der Waals surface area contributed by atoms with E-state index in [1.54, 1.807) is 18.4 Å². The molecule has 246 valence electrons. The summed E-state index contributed by atoms with van der Waals surface area (Å²) >= 11 is 1.32. The quantitative estimate of drug-likeness (QED) is 0.184. The van der Waals surface area contributed by atoms with Gasteiger partial charge in [-0.05, 0) is 66.4 Å². The number of thiazole rings is 1. The van der Waals surface area contributed by atoms with Gasteiger partial charge in [-0.3, -0.25) is 14.4 Å². The van der Waals surface area contributed by atoms with Crippen molar-refractivity contribution < 1.29 is 9.53 Å². The van der Waals surface area contributed by atoms with Gasteiger partial charge in [-0.1, -0.05) is 96.3 Å². The summed E-state index contributed by atoms with van der Waals surface area (Å²) in [7, 11) is 3.95. The number of carbonyl (C=O) groups excluding carboxylic acids is 1. The number of rotatable bonds is 8. The molecule has 0 radical (unpaired) electrons. The number of ether oxygens (including phenoxy) is 1. The maximum absolute atomic E-state index is 14.1. The number of nitrogens with zero attached hydrogens (tertiary/aromatic N) is 5. The maximum atomic E-state index is 14.1. The van der Waals surface area contributed by atoms with E-state index in [0.717, 1.165) is 40.2 Å². The number of hydrazone groups is 1. The smallest absolute Gasteiger partial charge is 0.338 e. The molecule has 5 aromatic rings. The second-order valence-corrected chi connectivity index (χ2v) is 13.3. The Morgan fingerprint density at radius 1 is 0.918 bits per heavy atom. The summed E-state index contributed by atoms with van der Waals surface area (Å²) in [5, 5.41) is 7.18. The molecular formula is C40H37N5O3S. The van der Waals surface area contributed by atoms with Crippen molar-refractivity contribution in [3.05, 3.63) is 162 Å². The number of fused-ring (bicyclic) bond motifs is 1. The molecule has 0 fully saturated rings. The number of allylic oxidation sites excluding steroid dienone is 1. The van der Waals surface area contributed by atoms with Crippen LogP contribution in [0.3, 0.4) is 0 Å². The molecule has 0 bridgehead atoms. The van der Waals surface area contributed by atoms with Gasteiger partial charge in [0.2, 0.25) is 0 Å². The van der Waals surface area contributed by atoms with Crippen molar-refractivity contribution in [2.45, 2.75) is 32.4 Å². The van der Waals surface area contributed by atoms with E-state index >= 15 is 0 Å². The van der Waals surface area contributed by atoms with Crippen molar-refractivity contribution in [2.24, 2.45) is 10.1 Å². The Bertz CT molecular complexity index is 2240. The Morgan fingerprint density at radius 2 is 1.59 bits per heavy atom. The summed E-state index contributed by atoms with van der Waals surface area (Å²) in [6, 6.07) is 36.2. The average molecular weight is 668 g/mol. The van der Waals surface area contributed by atoms with Crippen molar-refractivity contribution >= 4 is 40.5 Å². The van der Waals surface area contributed by atoms with Gasteiger partial charge < -0.3 is 9.64 Å². The molecule has 9 heteroatoms. The summed E-state index contributed by atoms with van der Waals surface area (Å²) in [5.74, 6) is -0.468. The van der Waals surface area contributed by atoms with Gasteiger partial charge >= 0.3 is 5.97 Å². The van der Waals surface area contributed by atoms with Gasteiger partial charge in [0.25, 0.3) is 5.56 Å². The largest absolute Gasteiger partial charge is 0.463 e. The highest BCUT2D eigenvalue weighted by Crippen LogP contribution is 2.37. The SMILES string of the molecule is CCOC(=O)C1=C(C)N=c2s/c(=C/c3ccc(N4N=C(c5ccccc5)C[C@H]4c4ccccc4)cc3)c(=O)n2[C@@H]1c1ccc(N(C)C)cc1. The molecule has 0 saturated carbocycles. The topological polar surface area (TPSA) is 79.5 Å². The van der Waals surface area contributed by atoms with Crippen LogP contribution in [0.5, 0.6) is 0 Å². The highest BCUT2D eigenvalue weighted by molar-refractivity contribution is 7.07. The Morgan fingerprint density at radius 3 is 2.24 bits per heavy atom. The molecule has 0 spiro atoms. The first-order chi connectivity index (χ1) is 23.8. The monoisotopic (exact) mass is 667 g/mol. The van der Waals surface area contributed by atoms with Crippen LogP contribution in [0.1, 0.15) is 54.6 Å². The van der Waals surface area contributed by atoms with Crippen LogP contribution in [-0.2, 0) is 9.53 Å². The number of carbonyl (C=O) groups is 1. The standard InChI is InChI=1S/C40H37N5O3S/c1-5-48-39(47)36-26(2)41-40-44(37(36)30-18-22-31(23-19-30)43(3)4)38(46)35(49-40)24-27-16-20-32(21-17-27)45-34(29-14-10-7-11-15-29)25-33(42-45)28-12-8-6-9-13-28/h6-24,34,37H,5,25H2,1-4H3/b35-24+/t34-,37+/m0/s1. The van der Waals surface area contributed by atoms with Crippen LogP contribution >= 0.6 is 11.3 Å². The number of anilines is 2. The molecule has 3 heterocycles. The minimum atomic E-state index is -0.655. The molecule has 4 aromatic carbocycles. The summed E-state index contributed by atoms with van der Waals surface area (Å²) in [4.78, 5) is 34.7. The highest BCUT2D eigenvalue weighted by Gasteiger charge is 2.33. The van der Waals surface area contributed by atoms with E-state index in [4.69, 9.17) is 14.8 Å². The van der Waals surface area contributed by atoms with Crippen LogP contribution in [0.2, 0.25) is 0 Å². The van der Waals surface area contributed by atoms with E-state index in [0.29, 0.717) is 20.6 Å². The lowest BCUT2D eigenvalue weighted by atomic mass is 9.95. The van der Waals surface area contributed by atoms with Crippen molar-refractivity contribution in [3.8, 4) is 0 Å². The first-order valence-corrected chi connectivity index (χ1v) is 17.2. The fraction of sp³-hybridized carbons (Fsp3) is 0.200. The second kappa shape index (κ2) is 13.5. The van der Waals surface area contributed by atoms with Crippen LogP contribution in [0.4, 0.5) is 11.4 Å². The van der Waals surface area contributed by atoms with E-state index < -0.39 is 12.0 Å². The van der Waals surface area contributed by atoms with Crippen molar-refractivity contribution in [1.82, 2.24) is 4.57 Å². The summed E-state index contributed by atoms with van der Waals surface area (Å²) < 4.78 is 7.61. The highest BCUT2D eigenvalue weighted by atomic mass is 32.1. The van der Waals surface area contributed by atoms with Gasteiger partial charge in [0.1, 0.15) is 0 Å². The molecule has 0 amide bonds. The zero-order chi connectivity index (χ0) is 34.1. The van der Waals surface area contributed by atoms with Gasteiger partial charge in [0.05, 0.1) is 45.9 Å². The molecule has 0 saturated heterocycles. The molecule has 8 nitrogen and oxygen atoms in total. The third kappa shape index (κ3) is 6.25. The number of hydrogen-bond acceptors (Lipinski definition) is 8. The van der Waals surface area contributed by atoms with Gasteiger partial charge in [-0.2, -0.15) is 5.10 Å². The third-order valence-corrected chi connectivity index (χ3v) is 9.88. The molecule has 7 rings (SSSR count). The summed E-state index contributed by atoms with van der Waals surface area (Å²) in [6.45, 7) is 3.80. The maximum Gasteiger partial charge on any atom is 0.338 e. The molecule has 0 unspecified atom stereocenters. The zero-order valence-corrected chi connectivity index (χ0v) is 28.7. The van der Waals surface area contributed by atoms with Crippen LogP contribution in [0.25, 0.3) is 6.08 Å². The van der Waals surface area contributed by atoms with Gasteiger partial charge in [-0.25, -0.2) is 9.79 Å². The van der Waals surface area contributed by atoms with Crippen molar-refractivity contribution in [1.29, 1.82) is 0 Å². The molecule has 0 aliphatic carbocycles. The van der Waals surface area contributed by atoms with E-state index in [9.17, 15) is 9.59 Å². The van der Waals surface area contributed by atoms with Crippen molar-refractivity contribution in [3.63, 3.8) is 0 Å². The van der Waals surface area contributed by atoms with Crippen molar-refractivity contribution in [2.75, 3.05) is 30.6 Å². The lowest BCUT2D eigenvalue weighted by molar-refractivity contribution is -0.139. The molecular weight excluding hydrogens is 631 g/mol. The van der Waals surface area contributed by atoms with Crippen LogP contribution < -0.4 is 24.8 Å². The van der Waals surface area contributed by atoms with Gasteiger partial charge in [0.15, 0.2) is 4.80 Å². The predicted molar refractivity (Wildman–Crippen MR) is 197 cm³/mol. The Kier molecular flexibility index (Phi) is 8.84. The Hall–Kier alpha value is -5.54. The molecule has 49 heavy (non-hydrogen) atoms. The van der Waals surface area contributed by atoms with E-state index in [1.807, 2.05) is 97.9 Å². The van der Waals surface area contributed by atoms with Gasteiger partial charge in [-0.15, -0.1) is 0 Å². The zero-order valence-electron chi connectivity index (χ0n) is 27.9. The van der Waals surface area contributed by atoms with Gasteiger partial charge in [0, 0.05) is 26.2 Å². The fourth-order valence-corrected chi connectivity index (χ4v) is 7.47. The fourth-order valence-electron chi connectivity index (χ4n) is 6.42. The third-order valence-electron chi connectivity index (χ3n) is 8.90. The number of hydrogen-bond donors (Lipinski definition) is 0. The minimum absolute atomic E-state index is 0.0644. The lowest BCUT2D eigenvalue weighted by Crippen LogP contribution is -2.39. The number of benzene rings is 4. The average Bonchev–Trinajstić information content (AvgIpc) is 3.70.